The zero-order chi connectivity index (χ0) is 19.8. The average Bonchev–Trinajstić information content (AvgIpc) is 2.69. The maximum Gasteiger partial charge on any atom is 0.338 e. The van der Waals surface area contributed by atoms with Gasteiger partial charge in [-0.3, -0.25) is 14.6 Å². The quantitative estimate of drug-likeness (QED) is 0.758. The van der Waals surface area contributed by atoms with Crippen molar-refractivity contribution in [2.24, 2.45) is 0 Å². The standard InChI is InChI=1S/C20H23N3O4/c1-4-23(5-2)19(25)16-11-15(12-21-13-16)18(24)22-17-9-7-14(8-10-17)20(26)27-6-3/h7-13H,4-6H2,1-3H3,(H,22,24). The van der Waals surface area contributed by atoms with E-state index in [0.717, 1.165) is 0 Å². The first-order valence-corrected chi connectivity index (χ1v) is 8.83. The number of carbonyl (C=O) groups excluding carboxylic acids is 3. The second-order valence-corrected chi connectivity index (χ2v) is 5.69. The van der Waals surface area contributed by atoms with Crippen LogP contribution in [0.2, 0.25) is 0 Å². The number of benzene rings is 1. The molecule has 2 rings (SSSR count). The zero-order valence-electron chi connectivity index (χ0n) is 15.7. The molecule has 0 fully saturated rings. The largest absolute Gasteiger partial charge is 0.462 e. The molecule has 2 aromatic rings. The van der Waals surface area contributed by atoms with E-state index in [0.29, 0.717) is 36.5 Å². The van der Waals surface area contributed by atoms with E-state index in [1.807, 2.05) is 13.8 Å². The van der Waals surface area contributed by atoms with Crippen LogP contribution >= 0.6 is 0 Å². The summed E-state index contributed by atoms with van der Waals surface area (Å²) in [5.74, 6) is -0.969. The maximum atomic E-state index is 12.5. The summed E-state index contributed by atoms with van der Waals surface area (Å²) in [6.45, 7) is 6.99. The van der Waals surface area contributed by atoms with Gasteiger partial charge in [-0.25, -0.2) is 4.79 Å². The molecule has 0 saturated heterocycles. The summed E-state index contributed by atoms with van der Waals surface area (Å²) in [5.41, 5.74) is 1.57. The lowest BCUT2D eigenvalue weighted by molar-refractivity contribution is 0.0526. The second-order valence-electron chi connectivity index (χ2n) is 5.69. The van der Waals surface area contributed by atoms with E-state index in [1.165, 1.54) is 18.5 Å². The highest BCUT2D eigenvalue weighted by atomic mass is 16.5. The summed E-state index contributed by atoms with van der Waals surface area (Å²) in [6, 6.07) is 7.90. The summed E-state index contributed by atoms with van der Waals surface area (Å²) in [4.78, 5) is 42.2. The average molecular weight is 369 g/mol. The number of nitrogens with zero attached hydrogens (tertiary/aromatic N) is 2. The van der Waals surface area contributed by atoms with Crippen LogP contribution in [0.25, 0.3) is 0 Å². The number of rotatable bonds is 7. The van der Waals surface area contributed by atoms with Gasteiger partial charge in [0, 0.05) is 31.2 Å². The van der Waals surface area contributed by atoms with Gasteiger partial charge >= 0.3 is 5.97 Å². The number of amides is 2. The van der Waals surface area contributed by atoms with Gasteiger partial charge in [0.25, 0.3) is 11.8 Å². The summed E-state index contributed by atoms with van der Waals surface area (Å²) in [6.07, 6.45) is 2.85. The molecule has 7 nitrogen and oxygen atoms in total. The molecule has 0 saturated carbocycles. The van der Waals surface area contributed by atoms with Crippen molar-refractivity contribution in [2.45, 2.75) is 20.8 Å². The van der Waals surface area contributed by atoms with Crippen molar-refractivity contribution in [2.75, 3.05) is 25.0 Å². The Morgan fingerprint density at radius 3 is 2.19 bits per heavy atom. The van der Waals surface area contributed by atoms with Gasteiger partial charge in [0.05, 0.1) is 23.3 Å². The third kappa shape index (κ3) is 5.13. The van der Waals surface area contributed by atoms with E-state index in [9.17, 15) is 14.4 Å². The lowest BCUT2D eigenvalue weighted by atomic mass is 10.1. The Morgan fingerprint density at radius 2 is 1.59 bits per heavy atom. The summed E-state index contributed by atoms with van der Waals surface area (Å²) in [7, 11) is 0. The van der Waals surface area contributed by atoms with E-state index in [4.69, 9.17) is 4.74 Å². The van der Waals surface area contributed by atoms with Gasteiger partial charge in [-0.05, 0) is 51.1 Å². The minimum atomic E-state index is -0.415. The Hall–Kier alpha value is -3.22. The lowest BCUT2D eigenvalue weighted by Gasteiger charge is -2.18. The van der Waals surface area contributed by atoms with Crippen LogP contribution in [0.3, 0.4) is 0 Å². The fraction of sp³-hybridized carbons (Fsp3) is 0.300. The molecule has 0 aliphatic rings. The van der Waals surface area contributed by atoms with Crippen molar-refractivity contribution in [1.29, 1.82) is 0 Å². The fourth-order valence-corrected chi connectivity index (χ4v) is 2.48. The highest BCUT2D eigenvalue weighted by Crippen LogP contribution is 2.13. The SMILES string of the molecule is CCOC(=O)c1ccc(NC(=O)c2cncc(C(=O)N(CC)CC)c2)cc1. The highest BCUT2D eigenvalue weighted by molar-refractivity contribution is 6.06. The van der Waals surface area contributed by atoms with Gasteiger partial charge in [0.1, 0.15) is 0 Å². The zero-order valence-corrected chi connectivity index (χ0v) is 15.7. The summed E-state index contributed by atoms with van der Waals surface area (Å²) < 4.78 is 4.92. The Balaban J connectivity index is 2.11. The number of esters is 1. The molecular weight excluding hydrogens is 346 g/mol. The van der Waals surface area contributed by atoms with E-state index in [1.54, 1.807) is 36.1 Å². The van der Waals surface area contributed by atoms with Crippen LogP contribution in [0.15, 0.2) is 42.7 Å². The molecule has 1 aromatic heterocycles. The predicted octanol–water partition coefficient (Wildman–Crippen LogP) is 2.99. The first-order valence-electron chi connectivity index (χ1n) is 8.83. The number of nitrogens with one attached hydrogen (secondary N) is 1. The molecule has 0 radical (unpaired) electrons. The normalized spacial score (nSPS) is 10.2. The number of ether oxygens (including phenoxy) is 1. The number of anilines is 1. The van der Waals surface area contributed by atoms with E-state index >= 15 is 0 Å². The van der Waals surface area contributed by atoms with Crippen LogP contribution in [-0.4, -0.2) is 47.4 Å². The molecule has 0 aliphatic heterocycles. The van der Waals surface area contributed by atoms with Gasteiger partial charge in [-0.15, -0.1) is 0 Å². The summed E-state index contributed by atoms with van der Waals surface area (Å²) in [5, 5.41) is 2.72. The number of aromatic nitrogens is 1. The van der Waals surface area contributed by atoms with Crippen LogP contribution in [0, 0.1) is 0 Å². The number of hydrogen-bond acceptors (Lipinski definition) is 5. The van der Waals surface area contributed by atoms with E-state index < -0.39 is 5.97 Å². The second kappa shape index (κ2) is 9.47. The Labute approximate surface area is 158 Å². The van der Waals surface area contributed by atoms with Gasteiger partial charge in [-0.2, -0.15) is 0 Å². The van der Waals surface area contributed by atoms with Crippen LogP contribution in [0.1, 0.15) is 51.8 Å². The van der Waals surface area contributed by atoms with Crippen LogP contribution in [0.4, 0.5) is 5.69 Å². The molecule has 1 aromatic carbocycles. The molecule has 0 spiro atoms. The molecule has 1 N–H and O–H groups in total. The number of hydrogen-bond donors (Lipinski definition) is 1. The maximum absolute atomic E-state index is 12.5. The molecule has 0 aliphatic carbocycles. The van der Waals surface area contributed by atoms with E-state index in [2.05, 4.69) is 10.3 Å². The van der Waals surface area contributed by atoms with Crippen molar-refractivity contribution in [1.82, 2.24) is 9.88 Å². The van der Waals surface area contributed by atoms with Crippen LogP contribution in [-0.2, 0) is 4.74 Å². The summed E-state index contributed by atoms with van der Waals surface area (Å²) >= 11 is 0. The fourth-order valence-electron chi connectivity index (χ4n) is 2.48. The molecular formula is C20H23N3O4. The smallest absolute Gasteiger partial charge is 0.338 e. The monoisotopic (exact) mass is 369 g/mol. The van der Waals surface area contributed by atoms with Gasteiger partial charge < -0.3 is 15.0 Å². The third-order valence-electron chi connectivity index (χ3n) is 3.95. The van der Waals surface area contributed by atoms with Crippen molar-refractivity contribution in [3.05, 3.63) is 59.4 Å². The highest BCUT2D eigenvalue weighted by Gasteiger charge is 2.16. The first-order chi connectivity index (χ1) is 13.0. The molecule has 27 heavy (non-hydrogen) atoms. The molecule has 142 valence electrons. The minimum Gasteiger partial charge on any atom is -0.462 e. The van der Waals surface area contributed by atoms with Gasteiger partial charge in [0.2, 0.25) is 0 Å². The van der Waals surface area contributed by atoms with Gasteiger partial charge in [0.15, 0.2) is 0 Å². The third-order valence-corrected chi connectivity index (χ3v) is 3.95. The van der Waals surface area contributed by atoms with E-state index in [-0.39, 0.29) is 17.4 Å². The van der Waals surface area contributed by atoms with Crippen molar-refractivity contribution in [3.8, 4) is 0 Å². The van der Waals surface area contributed by atoms with Crippen LogP contribution < -0.4 is 5.32 Å². The Kier molecular flexibility index (Phi) is 7.05. The minimum absolute atomic E-state index is 0.166. The van der Waals surface area contributed by atoms with Crippen molar-refractivity contribution >= 4 is 23.5 Å². The molecule has 2 amide bonds. The number of pyridine rings is 1. The molecule has 1 heterocycles. The molecule has 7 heteroatoms. The Bertz CT molecular complexity index is 814. The Morgan fingerprint density at radius 1 is 0.963 bits per heavy atom. The van der Waals surface area contributed by atoms with Gasteiger partial charge in [-0.1, -0.05) is 0 Å². The van der Waals surface area contributed by atoms with Crippen molar-refractivity contribution in [3.63, 3.8) is 0 Å². The predicted molar refractivity (Wildman–Crippen MR) is 102 cm³/mol. The van der Waals surface area contributed by atoms with Crippen LogP contribution in [0.5, 0.6) is 0 Å². The number of carbonyl (C=O) groups is 3. The first kappa shape index (κ1) is 20.1. The molecule has 0 atom stereocenters. The molecule has 0 unspecified atom stereocenters. The topological polar surface area (TPSA) is 88.6 Å². The van der Waals surface area contributed by atoms with Crippen molar-refractivity contribution < 1.29 is 19.1 Å². The lowest BCUT2D eigenvalue weighted by Crippen LogP contribution is -2.30. The molecule has 0 bridgehead atoms.